The lowest BCUT2D eigenvalue weighted by Crippen LogP contribution is -2.58. The lowest BCUT2D eigenvalue weighted by atomic mass is 9.96. The molecule has 0 aliphatic heterocycles. The van der Waals surface area contributed by atoms with Crippen molar-refractivity contribution in [3.63, 3.8) is 0 Å². The maximum atomic E-state index is 11.9. The Bertz CT molecular complexity index is 367. The van der Waals surface area contributed by atoms with E-state index >= 15 is 0 Å². The van der Waals surface area contributed by atoms with Crippen molar-refractivity contribution in [3.05, 3.63) is 0 Å². The van der Waals surface area contributed by atoms with Gasteiger partial charge in [0, 0.05) is 6.54 Å². The number of carboxylic acid groups (broad SMARTS) is 1. The number of carbonyl (C=O) groups excluding carboxylic acids is 2. The van der Waals surface area contributed by atoms with E-state index in [0.717, 1.165) is 12.8 Å². The molecule has 0 aromatic heterocycles. The third-order valence-corrected chi connectivity index (χ3v) is 3.22. The zero-order valence-electron chi connectivity index (χ0n) is 10.6. The molecule has 1 aliphatic rings. The van der Waals surface area contributed by atoms with Crippen LogP contribution in [0, 0.1) is 5.92 Å². The summed E-state index contributed by atoms with van der Waals surface area (Å²) in [5.41, 5.74) is 3.75. The van der Waals surface area contributed by atoms with Crippen LogP contribution in [0.3, 0.4) is 0 Å². The lowest BCUT2D eigenvalue weighted by Gasteiger charge is -2.29. The van der Waals surface area contributed by atoms with Gasteiger partial charge in [-0.1, -0.05) is 0 Å². The van der Waals surface area contributed by atoms with Gasteiger partial charge in [0.05, 0.1) is 0 Å². The summed E-state index contributed by atoms with van der Waals surface area (Å²) in [5, 5.41) is 11.7. The molecule has 7 nitrogen and oxygen atoms in total. The van der Waals surface area contributed by atoms with E-state index in [4.69, 9.17) is 5.73 Å². The molecule has 18 heavy (non-hydrogen) atoms. The maximum Gasteiger partial charge on any atom is 0.329 e. The topological polar surface area (TPSA) is 113 Å². The lowest BCUT2D eigenvalue weighted by molar-refractivity contribution is -0.144. The molecule has 0 aromatic carbocycles. The Morgan fingerprint density at radius 2 is 2.00 bits per heavy atom. The van der Waals surface area contributed by atoms with Crippen LogP contribution < -0.4 is 11.1 Å². The molecule has 1 atom stereocenters. The summed E-state index contributed by atoms with van der Waals surface area (Å²) < 4.78 is 0. The van der Waals surface area contributed by atoms with Crippen LogP contribution in [0.2, 0.25) is 0 Å². The minimum absolute atomic E-state index is 0.0498. The second-order valence-corrected chi connectivity index (χ2v) is 4.69. The van der Waals surface area contributed by atoms with Gasteiger partial charge in [0.15, 0.2) is 0 Å². The van der Waals surface area contributed by atoms with Crippen molar-refractivity contribution < 1.29 is 19.5 Å². The number of carbonyl (C=O) groups is 3. The molecule has 1 saturated carbocycles. The SMILES string of the molecule is CCN(CC(N)=O)C(=O)NC(C)(C(=O)O)C1CC1. The van der Waals surface area contributed by atoms with Crippen molar-refractivity contribution in [3.8, 4) is 0 Å². The first kappa shape index (κ1) is 14.3. The van der Waals surface area contributed by atoms with Crippen LogP contribution in [0.4, 0.5) is 4.79 Å². The normalized spacial score (nSPS) is 17.7. The molecule has 1 fully saturated rings. The summed E-state index contributed by atoms with van der Waals surface area (Å²) in [7, 11) is 0. The number of primary amides is 1. The van der Waals surface area contributed by atoms with Crippen LogP contribution >= 0.6 is 0 Å². The summed E-state index contributed by atoms with van der Waals surface area (Å²) in [4.78, 5) is 35.1. The number of aliphatic carboxylic acids is 1. The Kier molecular flexibility index (Phi) is 4.15. The highest BCUT2D eigenvalue weighted by molar-refractivity contribution is 5.88. The van der Waals surface area contributed by atoms with Crippen LogP contribution in [0.25, 0.3) is 0 Å². The van der Waals surface area contributed by atoms with Crippen LogP contribution in [-0.4, -0.2) is 46.5 Å². The van der Waals surface area contributed by atoms with Gasteiger partial charge in [0.1, 0.15) is 12.1 Å². The number of nitrogens with zero attached hydrogens (tertiary/aromatic N) is 1. The van der Waals surface area contributed by atoms with Crippen LogP contribution in [0.15, 0.2) is 0 Å². The number of nitrogens with one attached hydrogen (secondary N) is 1. The number of urea groups is 1. The van der Waals surface area contributed by atoms with Gasteiger partial charge in [-0.05, 0) is 32.6 Å². The second-order valence-electron chi connectivity index (χ2n) is 4.69. The number of nitrogens with two attached hydrogens (primary N) is 1. The average Bonchev–Trinajstić information content (AvgIpc) is 3.08. The van der Waals surface area contributed by atoms with E-state index in [1.807, 2.05) is 0 Å². The third-order valence-electron chi connectivity index (χ3n) is 3.22. The minimum atomic E-state index is -1.28. The standard InChI is InChI=1S/C11H19N3O4/c1-3-14(6-8(12)15)10(18)13-11(2,9(16)17)7-4-5-7/h7H,3-6H2,1-2H3,(H2,12,15)(H,13,18)(H,16,17). The molecule has 0 heterocycles. The number of carboxylic acids is 1. The smallest absolute Gasteiger partial charge is 0.329 e. The highest BCUT2D eigenvalue weighted by atomic mass is 16.4. The third kappa shape index (κ3) is 3.12. The molecule has 0 bridgehead atoms. The van der Waals surface area contributed by atoms with Gasteiger partial charge >= 0.3 is 12.0 Å². The Morgan fingerprint density at radius 1 is 1.44 bits per heavy atom. The molecule has 4 N–H and O–H groups in total. The fourth-order valence-electron chi connectivity index (χ4n) is 1.81. The molecule has 0 radical (unpaired) electrons. The molecule has 1 aliphatic carbocycles. The first-order chi connectivity index (χ1) is 8.31. The molecule has 7 heteroatoms. The van der Waals surface area contributed by atoms with E-state index in [2.05, 4.69) is 5.32 Å². The predicted octanol–water partition coefficient (Wildman–Crippen LogP) is -0.243. The fourth-order valence-corrected chi connectivity index (χ4v) is 1.81. The molecule has 102 valence electrons. The minimum Gasteiger partial charge on any atom is -0.480 e. The van der Waals surface area contributed by atoms with E-state index < -0.39 is 23.4 Å². The number of amides is 3. The zero-order chi connectivity index (χ0) is 13.9. The van der Waals surface area contributed by atoms with Crippen molar-refractivity contribution in [1.29, 1.82) is 0 Å². The molecule has 3 amide bonds. The first-order valence-corrected chi connectivity index (χ1v) is 5.90. The van der Waals surface area contributed by atoms with Crippen molar-refractivity contribution in [2.24, 2.45) is 11.7 Å². The molecule has 1 unspecified atom stereocenters. The fraction of sp³-hybridized carbons (Fsp3) is 0.727. The number of likely N-dealkylation sites (N-methyl/N-ethyl adjacent to an activating group) is 1. The maximum absolute atomic E-state index is 11.9. The monoisotopic (exact) mass is 257 g/mol. The molecular weight excluding hydrogens is 238 g/mol. The van der Waals surface area contributed by atoms with Gasteiger partial charge < -0.3 is 21.1 Å². The van der Waals surface area contributed by atoms with E-state index in [0.29, 0.717) is 0 Å². The Morgan fingerprint density at radius 3 is 2.33 bits per heavy atom. The Hall–Kier alpha value is -1.79. The predicted molar refractivity (Wildman–Crippen MR) is 63.7 cm³/mol. The Balaban J connectivity index is 2.71. The van der Waals surface area contributed by atoms with Crippen molar-refractivity contribution in [2.45, 2.75) is 32.2 Å². The molecule has 0 aromatic rings. The summed E-state index contributed by atoms with van der Waals surface area (Å²) in [6, 6.07) is -0.576. The zero-order valence-corrected chi connectivity index (χ0v) is 10.6. The van der Waals surface area contributed by atoms with Gasteiger partial charge in [-0.2, -0.15) is 0 Å². The van der Waals surface area contributed by atoms with Crippen molar-refractivity contribution >= 4 is 17.9 Å². The van der Waals surface area contributed by atoms with Gasteiger partial charge in [0.25, 0.3) is 0 Å². The average molecular weight is 257 g/mol. The quantitative estimate of drug-likeness (QED) is 0.609. The largest absolute Gasteiger partial charge is 0.480 e. The van der Waals surface area contributed by atoms with Crippen molar-refractivity contribution in [2.75, 3.05) is 13.1 Å². The number of hydrogen-bond acceptors (Lipinski definition) is 3. The summed E-state index contributed by atoms with van der Waals surface area (Å²) in [5.74, 6) is -1.74. The highest BCUT2D eigenvalue weighted by Crippen LogP contribution is 2.39. The van der Waals surface area contributed by atoms with Crippen LogP contribution in [0.1, 0.15) is 26.7 Å². The van der Waals surface area contributed by atoms with E-state index in [1.54, 1.807) is 6.92 Å². The van der Waals surface area contributed by atoms with Gasteiger partial charge in [-0.3, -0.25) is 4.79 Å². The first-order valence-electron chi connectivity index (χ1n) is 5.90. The van der Waals surface area contributed by atoms with Gasteiger partial charge in [0.2, 0.25) is 5.91 Å². The number of rotatable bonds is 6. The van der Waals surface area contributed by atoms with Gasteiger partial charge in [-0.15, -0.1) is 0 Å². The summed E-state index contributed by atoms with van der Waals surface area (Å²) in [6.07, 6.45) is 1.57. The summed E-state index contributed by atoms with van der Waals surface area (Å²) in [6.45, 7) is 3.25. The van der Waals surface area contributed by atoms with Crippen molar-refractivity contribution in [1.82, 2.24) is 10.2 Å². The van der Waals surface area contributed by atoms with E-state index in [9.17, 15) is 19.5 Å². The van der Waals surface area contributed by atoms with Crippen LogP contribution in [-0.2, 0) is 9.59 Å². The molecule has 0 spiro atoms. The summed E-state index contributed by atoms with van der Waals surface area (Å²) >= 11 is 0. The highest BCUT2D eigenvalue weighted by Gasteiger charge is 2.49. The van der Waals surface area contributed by atoms with E-state index in [1.165, 1.54) is 11.8 Å². The second kappa shape index (κ2) is 5.24. The molecule has 0 saturated heterocycles. The molecular formula is C11H19N3O4. The van der Waals surface area contributed by atoms with E-state index in [-0.39, 0.29) is 19.0 Å². The Labute approximate surface area is 105 Å². The number of hydrogen-bond donors (Lipinski definition) is 3. The van der Waals surface area contributed by atoms with Gasteiger partial charge in [-0.25, -0.2) is 9.59 Å². The molecule has 1 rings (SSSR count). The van der Waals surface area contributed by atoms with Crippen LogP contribution in [0.5, 0.6) is 0 Å².